The number of aliphatic hydroxyl groups is 1. The van der Waals surface area contributed by atoms with E-state index >= 15 is 0 Å². The molecule has 7 heteroatoms. The smallest absolute Gasteiger partial charge is 0.252 e. The first-order valence-electron chi connectivity index (χ1n) is 11.1. The molecule has 0 unspecified atom stereocenters. The van der Waals surface area contributed by atoms with Crippen LogP contribution in [-0.2, 0) is 6.42 Å². The second kappa shape index (κ2) is 10.5. The molecule has 34 heavy (non-hydrogen) atoms. The number of benzene rings is 2. The molecule has 0 saturated heterocycles. The molecule has 1 aromatic heterocycles. The van der Waals surface area contributed by atoms with Gasteiger partial charge in [-0.15, -0.1) is 0 Å². The minimum absolute atomic E-state index is 0.116. The number of nitrogens with zero attached hydrogens (tertiary/aromatic N) is 2. The topological polar surface area (TPSA) is 74.6 Å². The summed E-state index contributed by atoms with van der Waals surface area (Å²) in [7, 11) is 0. The first-order chi connectivity index (χ1) is 16.4. The molecule has 1 amide bonds. The number of hydrogen-bond donors (Lipinski definition) is 2. The molecule has 2 heterocycles. The van der Waals surface area contributed by atoms with E-state index in [9.17, 15) is 18.7 Å². The first-order valence-corrected chi connectivity index (χ1v) is 11.1. The zero-order valence-corrected chi connectivity index (χ0v) is 18.7. The molecule has 2 atom stereocenters. The van der Waals surface area contributed by atoms with Gasteiger partial charge in [0.25, 0.3) is 5.91 Å². The summed E-state index contributed by atoms with van der Waals surface area (Å²) in [5.41, 5.74) is 3.01. The van der Waals surface area contributed by atoms with Crippen LogP contribution in [0.4, 0.5) is 8.78 Å². The molecule has 0 radical (unpaired) electrons. The van der Waals surface area contributed by atoms with Crippen LogP contribution in [0.2, 0.25) is 0 Å². The molecule has 0 spiro atoms. The maximum absolute atomic E-state index is 14.9. The van der Waals surface area contributed by atoms with Crippen LogP contribution in [0.3, 0.4) is 0 Å². The summed E-state index contributed by atoms with van der Waals surface area (Å²) in [6.45, 7) is 1.96. The van der Waals surface area contributed by atoms with Crippen LogP contribution in [-0.4, -0.2) is 40.4 Å². The second-order valence-corrected chi connectivity index (χ2v) is 8.32. The highest BCUT2D eigenvalue weighted by atomic mass is 19.1. The Balaban J connectivity index is 1.59. The Kier molecular flexibility index (Phi) is 7.23. The summed E-state index contributed by atoms with van der Waals surface area (Å²) in [5.74, 6) is -1.35. The normalized spacial score (nSPS) is 14.8. The Labute approximate surface area is 196 Å². The van der Waals surface area contributed by atoms with Crippen molar-refractivity contribution in [3.05, 3.63) is 107 Å². The van der Waals surface area contributed by atoms with Gasteiger partial charge in [0.15, 0.2) is 0 Å². The minimum atomic E-state index is -0.638. The van der Waals surface area contributed by atoms with E-state index in [1.807, 2.05) is 12.1 Å². The quantitative estimate of drug-likeness (QED) is 0.524. The van der Waals surface area contributed by atoms with Crippen LogP contribution >= 0.6 is 0 Å². The van der Waals surface area contributed by atoms with E-state index < -0.39 is 23.9 Å². The summed E-state index contributed by atoms with van der Waals surface area (Å²) < 4.78 is 28.2. The monoisotopic (exact) mass is 461 g/mol. The van der Waals surface area contributed by atoms with Gasteiger partial charge in [0.2, 0.25) is 0 Å². The number of aliphatic hydroxyl groups excluding tert-OH is 1. The lowest BCUT2D eigenvalue weighted by Gasteiger charge is -2.21. The van der Waals surface area contributed by atoms with Crippen molar-refractivity contribution in [3.63, 3.8) is 0 Å². The molecule has 4 rings (SSSR count). The molecule has 0 bridgehead atoms. The van der Waals surface area contributed by atoms with Crippen molar-refractivity contribution in [3.8, 4) is 0 Å². The van der Waals surface area contributed by atoms with Crippen molar-refractivity contribution in [2.75, 3.05) is 6.54 Å². The van der Waals surface area contributed by atoms with Crippen molar-refractivity contribution in [1.82, 2.24) is 10.3 Å². The highest BCUT2D eigenvalue weighted by Crippen LogP contribution is 2.25. The number of halogens is 2. The summed E-state index contributed by atoms with van der Waals surface area (Å²) in [6, 6.07) is 15.5. The fraction of sp³-hybridized carbons (Fsp3) is 0.222. The molecule has 0 fully saturated rings. The van der Waals surface area contributed by atoms with E-state index in [2.05, 4.69) is 15.3 Å². The van der Waals surface area contributed by atoms with Gasteiger partial charge in [-0.3, -0.25) is 14.8 Å². The van der Waals surface area contributed by atoms with E-state index in [0.717, 1.165) is 16.8 Å². The number of pyridine rings is 1. The van der Waals surface area contributed by atoms with Crippen molar-refractivity contribution in [2.45, 2.75) is 31.9 Å². The number of carbonyl (C=O) groups is 1. The third-order valence-electron chi connectivity index (χ3n) is 5.60. The van der Waals surface area contributed by atoms with E-state index in [0.29, 0.717) is 25.1 Å². The Morgan fingerprint density at radius 3 is 2.59 bits per heavy atom. The molecule has 1 aliphatic rings. The Hall–Kier alpha value is -3.71. The van der Waals surface area contributed by atoms with E-state index in [1.165, 1.54) is 24.3 Å². The van der Waals surface area contributed by atoms with Gasteiger partial charge in [0, 0.05) is 29.9 Å². The molecule has 2 N–H and O–H groups in total. The highest BCUT2D eigenvalue weighted by molar-refractivity contribution is 6.19. The number of allylic oxidation sites excluding steroid dienone is 1. The molecular formula is C27H25F2N3O2. The van der Waals surface area contributed by atoms with Gasteiger partial charge in [-0.05, 0) is 67.0 Å². The van der Waals surface area contributed by atoms with Crippen molar-refractivity contribution in [2.24, 2.45) is 4.99 Å². The predicted octanol–water partition coefficient (Wildman–Crippen LogP) is 4.36. The van der Waals surface area contributed by atoms with Crippen molar-refractivity contribution < 1.29 is 18.7 Å². The lowest BCUT2D eigenvalue weighted by atomic mass is 9.98. The number of hydrogen-bond acceptors (Lipinski definition) is 4. The van der Waals surface area contributed by atoms with Gasteiger partial charge in [-0.1, -0.05) is 24.3 Å². The van der Waals surface area contributed by atoms with Crippen molar-refractivity contribution >= 4 is 17.2 Å². The van der Waals surface area contributed by atoms with Crippen LogP contribution < -0.4 is 5.32 Å². The van der Waals surface area contributed by atoms with Gasteiger partial charge in [0.1, 0.15) is 11.6 Å². The molecule has 3 aromatic rings. The fourth-order valence-electron chi connectivity index (χ4n) is 4.03. The molecule has 0 aliphatic carbocycles. The average molecular weight is 462 g/mol. The number of carbonyl (C=O) groups excluding carboxylic acids is 1. The standard InChI is InChI=1S/C27H25F2N3O2/c1-17(33)13-22(15-21-5-2-3-12-30-21)32-27(34)23-6-4-7-24(29)26(23)25-14-19(16-31-25)18-8-10-20(28)11-9-18/h2-12,14,17,22,33H,13,15-16H2,1H3,(H,32,34)/t17-,22-/m1/s1. The molecule has 174 valence electrons. The zero-order valence-electron chi connectivity index (χ0n) is 18.7. The third kappa shape index (κ3) is 5.61. The van der Waals surface area contributed by atoms with Crippen LogP contribution in [0.25, 0.3) is 5.57 Å². The molecule has 5 nitrogen and oxygen atoms in total. The summed E-state index contributed by atoms with van der Waals surface area (Å²) in [5, 5.41) is 12.9. The Morgan fingerprint density at radius 1 is 1.09 bits per heavy atom. The zero-order chi connectivity index (χ0) is 24.1. The third-order valence-corrected chi connectivity index (χ3v) is 5.60. The maximum Gasteiger partial charge on any atom is 0.252 e. The van der Waals surface area contributed by atoms with Crippen LogP contribution in [0.15, 0.2) is 77.9 Å². The van der Waals surface area contributed by atoms with E-state index in [1.54, 1.807) is 43.5 Å². The number of aromatic nitrogens is 1. The number of aliphatic imine (C=N–C) groups is 1. The fourth-order valence-corrected chi connectivity index (χ4v) is 4.03. The van der Waals surface area contributed by atoms with Crippen LogP contribution in [0.1, 0.15) is 40.5 Å². The van der Waals surface area contributed by atoms with Gasteiger partial charge >= 0.3 is 0 Å². The summed E-state index contributed by atoms with van der Waals surface area (Å²) >= 11 is 0. The summed E-state index contributed by atoms with van der Waals surface area (Å²) in [4.78, 5) is 22.0. The van der Waals surface area contributed by atoms with E-state index in [-0.39, 0.29) is 16.9 Å². The van der Waals surface area contributed by atoms with Crippen molar-refractivity contribution in [1.29, 1.82) is 0 Å². The van der Waals surface area contributed by atoms with E-state index in [4.69, 9.17) is 0 Å². The first kappa shape index (κ1) is 23.4. The van der Waals surface area contributed by atoms with Crippen LogP contribution in [0.5, 0.6) is 0 Å². The largest absolute Gasteiger partial charge is 0.393 e. The minimum Gasteiger partial charge on any atom is -0.393 e. The van der Waals surface area contributed by atoms with Gasteiger partial charge in [-0.25, -0.2) is 8.78 Å². The highest BCUT2D eigenvalue weighted by Gasteiger charge is 2.24. The SMILES string of the molecule is C[C@@H](O)C[C@H](Cc1ccccn1)NC(=O)c1cccc(F)c1C1=NCC(c2ccc(F)cc2)=C1. The Bertz CT molecular complexity index is 1220. The van der Waals surface area contributed by atoms with Gasteiger partial charge in [0.05, 0.1) is 23.9 Å². The Morgan fingerprint density at radius 2 is 1.88 bits per heavy atom. The van der Waals surface area contributed by atoms with Gasteiger partial charge < -0.3 is 10.4 Å². The summed E-state index contributed by atoms with van der Waals surface area (Å²) in [6.07, 6.45) is 3.51. The average Bonchev–Trinajstić information content (AvgIpc) is 3.29. The maximum atomic E-state index is 14.9. The second-order valence-electron chi connectivity index (χ2n) is 8.32. The number of rotatable bonds is 8. The lowest BCUT2D eigenvalue weighted by molar-refractivity contribution is 0.0916. The van der Waals surface area contributed by atoms with Crippen LogP contribution in [0, 0.1) is 11.6 Å². The number of amides is 1. The molecule has 2 aromatic carbocycles. The predicted molar refractivity (Wildman–Crippen MR) is 128 cm³/mol. The molecule has 0 saturated carbocycles. The van der Waals surface area contributed by atoms with Gasteiger partial charge in [-0.2, -0.15) is 0 Å². The molecular weight excluding hydrogens is 436 g/mol. The lowest BCUT2D eigenvalue weighted by Crippen LogP contribution is -2.39. The molecule has 1 aliphatic heterocycles. The number of nitrogens with one attached hydrogen (secondary N) is 1.